The standard InChI is InChI=1S/C10H22O.O5P2/c1-2-3-4-5-6-7-8-9-10-11;1-6(2)5-7(3)4/h11H,2-10H2,1H3;/p+2. The molecule has 0 radical (unpaired) electrons. The van der Waals surface area contributed by atoms with Crippen molar-refractivity contribution in [3.05, 3.63) is 0 Å². The highest BCUT2D eigenvalue weighted by Crippen LogP contribution is 2.30. The van der Waals surface area contributed by atoms with E-state index in [0.717, 1.165) is 6.42 Å². The van der Waals surface area contributed by atoms with E-state index in [-0.39, 0.29) is 0 Å². The highest BCUT2D eigenvalue weighted by molar-refractivity contribution is 7.46. The molecular weight excluding hydrogens is 278 g/mol. The van der Waals surface area contributed by atoms with Gasteiger partial charge in [0.2, 0.25) is 0 Å². The third-order valence-electron chi connectivity index (χ3n) is 2.15. The molecule has 0 heterocycles. The number of unbranched alkanes of at least 4 members (excludes halogenated alkanes) is 7. The van der Waals surface area contributed by atoms with E-state index in [1.54, 1.807) is 0 Å². The van der Waals surface area contributed by atoms with Gasteiger partial charge in [0.15, 0.2) is 4.31 Å². The van der Waals surface area contributed by atoms with E-state index < -0.39 is 16.5 Å². The molecule has 3 N–H and O–H groups in total. The van der Waals surface area contributed by atoms with Crippen LogP contribution in [0.25, 0.3) is 0 Å². The van der Waals surface area contributed by atoms with Crippen LogP contribution in [-0.2, 0) is 13.4 Å². The van der Waals surface area contributed by atoms with Crippen LogP contribution in [-0.4, -0.2) is 21.5 Å². The van der Waals surface area contributed by atoms with Gasteiger partial charge in [-0.05, 0) is 6.42 Å². The Morgan fingerprint density at radius 1 is 0.833 bits per heavy atom. The fourth-order valence-corrected chi connectivity index (χ4v) is 1.78. The molecule has 18 heavy (non-hydrogen) atoms. The van der Waals surface area contributed by atoms with Gasteiger partial charge in [-0.2, -0.15) is 0 Å². The SMILES string of the molecule is CCCCCCCCCCO.O=[P+](O)O[P+](=O)O. The molecule has 108 valence electrons. The van der Waals surface area contributed by atoms with Crippen LogP contribution >= 0.6 is 16.5 Å². The molecule has 2 atom stereocenters. The number of aliphatic hydroxyl groups excluding tert-OH is 1. The summed E-state index contributed by atoms with van der Waals surface area (Å²) >= 11 is 0. The molecule has 0 fully saturated rings. The van der Waals surface area contributed by atoms with Crippen LogP contribution < -0.4 is 0 Å². The van der Waals surface area contributed by atoms with Gasteiger partial charge in [-0.25, -0.2) is 0 Å². The lowest BCUT2D eigenvalue weighted by Crippen LogP contribution is -1.83. The number of hydrogen-bond acceptors (Lipinski definition) is 4. The molecule has 0 saturated heterocycles. The predicted molar refractivity (Wildman–Crippen MR) is 70.4 cm³/mol. The average Bonchev–Trinajstić information content (AvgIpc) is 2.27. The first-order valence-electron chi connectivity index (χ1n) is 6.15. The van der Waals surface area contributed by atoms with E-state index in [1.807, 2.05) is 0 Å². The quantitative estimate of drug-likeness (QED) is 0.422. The normalized spacial score (nSPS) is 11.6. The first-order valence-corrected chi connectivity index (χ1v) is 8.41. The second-order valence-corrected chi connectivity index (χ2v) is 5.36. The maximum Gasteiger partial charge on any atom is 0.745 e. The van der Waals surface area contributed by atoms with E-state index in [0.29, 0.717) is 6.61 Å². The Morgan fingerprint density at radius 2 is 1.22 bits per heavy atom. The zero-order valence-electron chi connectivity index (χ0n) is 10.8. The lowest BCUT2D eigenvalue weighted by Gasteiger charge is -1.98. The maximum atomic E-state index is 9.39. The minimum absolute atomic E-state index is 0.370. The second kappa shape index (κ2) is 17.0. The molecular formula is C10H24O6P2+2. The number of hydrogen-bond donors (Lipinski definition) is 3. The van der Waals surface area contributed by atoms with Crippen LogP contribution in [0.1, 0.15) is 58.3 Å². The lowest BCUT2D eigenvalue weighted by atomic mass is 10.1. The molecule has 0 aromatic carbocycles. The summed E-state index contributed by atoms with van der Waals surface area (Å²) < 4.78 is 22.2. The molecule has 0 aliphatic rings. The molecule has 0 aromatic rings. The van der Waals surface area contributed by atoms with Crippen LogP contribution in [0.2, 0.25) is 0 Å². The summed E-state index contributed by atoms with van der Waals surface area (Å²) in [5.41, 5.74) is 0. The Kier molecular flexibility index (Phi) is 19.3. The van der Waals surface area contributed by atoms with Gasteiger partial charge < -0.3 is 5.11 Å². The highest BCUT2D eigenvalue weighted by atomic mass is 31.2. The van der Waals surface area contributed by atoms with Gasteiger partial charge in [-0.15, -0.1) is 9.79 Å². The summed E-state index contributed by atoms with van der Waals surface area (Å²) in [5.74, 6) is 0. The van der Waals surface area contributed by atoms with Gasteiger partial charge in [0.1, 0.15) is 0 Å². The van der Waals surface area contributed by atoms with Gasteiger partial charge in [0.05, 0.1) is 0 Å². The molecule has 2 unspecified atom stereocenters. The maximum absolute atomic E-state index is 9.39. The van der Waals surface area contributed by atoms with Crippen molar-refractivity contribution in [2.45, 2.75) is 58.3 Å². The van der Waals surface area contributed by atoms with Gasteiger partial charge in [-0.3, -0.25) is 0 Å². The Morgan fingerprint density at radius 3 is 1.50 bits per heavy atom. The Bertz CT molecular complexity index is 193. The van der Waals surface area contributed by atoms with Gasteiger partial charge in [-0.1, -0.05) is 51.9 Å². The number of rotatable bonds is 10. The van der Waals surface area contributed by atoms with Crippen molar-refractivity contribution in [2.75, 3.05) is 6.61 Å². The lowest BCUT2D eigenvalue weighted by molar-refractivity contribution is 0.282. The van der Waals surface area contributed by atoms with E-state index >= 15 is 0 Å². The summed E-state index contributed by atoms with van der Waals surface area (Å²) in [6, 6.07) is 0. The molecule has 0 saturated carbocycles. The van der Waals surface area contributed by atoms with Crippen molar-refractivity contribution in [1.29, 1.82) is 0 Å². The third-order valence-corrected chi connectivity index (χ3v) is 3.27. The van der Waals surface area contributed by atoms with Crippen LogP contribution in [0.3, 0.4) is 0 Å². The molecule has 8 heteroatoms. The molecule has 0 bridgehead atoms. The molecule has 0 rings (SSSR count). The van der Waals surface area contributed by atoms with Crippen molar-refractivity contribution in [2.24, 2.45) is 0 Å². The number of aliphatic hydroxyl groups is 1. The summed E-state index contributed by atoms with van der Waals surface area (Å²) in [5, 5.41) is 8.51. The van der Waals surface area contributed by atoms with E-state index in [1.165, 1.54) is 44.9 Å². The van der Waals surface area contributed by atoms with Crippen molar-refractivity contribution >= 4 is 16.5 Å². The Labute approximate surface area is 110 Å². The second-order valence-electron chi connectivity index (χ2n) is 3.76. The fraction of sp³-hybridized carbons (Fsp3) is 1.00. The van der Waals surface area contributed by atoms with Crippen molar-refractivity contribution in [3.8, 4) is 0 Å². The van der Waals surface area contributed by atoms with Crippen molar-refractivity contribution in [1.82, 2.24) is 0 Å². The molecule has 0 spiro atoms. The predicted octanol–water partition coefficient (Wildman–Crippen LogP) is 3.42. The van der Waals surface area contributed by atoms with Crippen LogP contribution in [0, 0.1) is 0 Å². The summed E-state index contributed by atoms with van der Waals surface area (Å²) in [6.45, 7) is 2.61. The average molecular weight is 302 g/mol. The first-order chi connectivity index (χ1) is 8.54. The zero-order chi connectivity index (χ0) is 14.2. The molecule has 0 amide bonds. The van der Waals surface area contributed by atoms with Crippen LogP contribution in [0.4, 0.5) is 0 Å². The molecule has 0 aliphatic heterocycles. The van der Waals surface area contributed by atoms with E-state index in [2.05, 4.69) is 11.2 Å². The summed E-state index contributed by atoms with van der Waals surface area (Å²) in [4.78, 5) is 15.3. The van der Waals surface area contributed by atoms with Gasteiger partial charge >= 0.3 is 16.5 Å². The van der Waals surface area contributed by atoms with E-state index in [9.17, 15) is 9.13 Å². The Balaban J connectivity index is 0. The fourth-order valence-electron chi connectivity index (χ4n) is 1.31. The van der Waals surface area contributed by atoms with E-state index in [4.69, 9.17) is 14.9 Å². The zero-order valence-corrected chi connectivity index (χ0v) is 12.6. The molecule has 0 aliphatic carbocycles. The smallest absolute Gasteiger partial charge is 0.396 e. The van der Waals surface area contributed by atoms with Crippen LogP contribution in [0.15, 0.2) is 0 Å². The summed E-state index contributed by atoms with van der Waals surface area (Å²) in [6.07, 6.45) is 10.4. The largest absolute Gasteiger partial charge is 0.745 e. The molecule has 0 aromatic heterocycles. The minimum atomic E-state index is -2.92. The Hall–Kier alpha value is 0.0400. The van der Waals surface area contributed by atoms with Gasteiger partial charge in [0.25, 0.3) is 0 Å². The van der Waals surface area contributed by atoms with Crippen molar-refractivity contribution in [3.63, 3.8) is 0 Å². The van der Waals surface area contributed by atoms with Crippen molar-refractivity contribution < 1.29 is 28.3 Å². The van der Waals surface area contributed by atoms with Gasteiger partial charge in [0, 0.05) is 15.7 Å². The monoisotopic (exact) mass is 302 g/mol. The highest BCUT2D eigenvalue weighted by Gasteiger charge is 2.31. The molecule has 6 nitrogen and oxygen atoms in total. The minimum Gasteiger partial charge on any atom is -0.396 e. The third kappa shape index (κ3) is 25.0. The summed E-state index contributed by atoms with van der Waals surface area (Å²) in [7, 11) is -5.85. The van der Waals surface area contributed by atoms with Crippen LogP contribution in [0.5, 0.6) is 0 Å². The first kappa shape index (κ1) is 20.4. The topological polar surface area (TPSA) is 104 Å².